The van der Waals surface area contributed by atoms with Crippen LogP contribution in [0.2, 0.25) is 0 Å². The molecule has 0 fully saturated rings. The van der Waals surface area contributed by atoms with Gasteiger partial charge in [0.2, 0.25) is 0 Å². The van der Waals surface area contributed by atoms with E-state index in [4.69, 9.17) is 0 Å². The molecule has 2 aromatic rings. The minimum atomic E-state index is 0.228. The molecular formula is C16H19NO. The number of carbonyl (C=O) groups is 1. The Labute approximate surface area is 108 Å². The normalized spacial score (nSPS) is 12.6. The van der Waals surface area contributed by atoms with Gasteiger partial charge < -0.3 is 0 Å². The van der Waals surface area contributed by atoms with Crippen LogP contribution in [0.3, 0.4) is 0 Å². The van der Waals surface area contributed by atoms with Crippen LogP contribution in [-0.2, 0) is 0 Å². The number of ketones is 1. The van der Waals surface area contributed by atoms with Crippen molar-refractivity contribution in [2.24, 2.45) is 5.92 Å². The molecule has 0 amide bonds. The lowest BCUT2D eigenvalue weighted by Gasteiger charge is -2.10. The number of pyridine rings is 1. The van der Waals surface area contributed by atoms with E-state index in [9.17, 15) is 4.79 Å². The molecule has 1 unspecified atom stereocenters. The SMILES string of the molecule is CCC(C)CC(=O)c1cc(C)nc2ccccc12. The van der Waals surface area contributed by atoms with Crippen molar-refractivity contribution in [3.8, 4) is 0 Å². The van der Waals surface area contributed by atoms with Gasteiger partial charge >= 0.3 is 0 Å². The maximum absolute atomic E-state index is 12.4. The quantitative estimate of drug-likeness (QED) is 0.752. The predicted octanol–water partition coefficient (Wildman–Crippen LogP) is 4.16. The second-order valence-corrected chi connectivity index (χ2v) is 4.97. The average molecular weight is 241 g/mol. The Kier molecular flexibility index (Phi) is 3.75. The maximum Gasteiger partial charge on any atom is 0.163 e. The number of nitrogens with zero attached hydrogens (tertiary/aromatic N) is 1. The molecule has 94 valence electrons. The van der Waals surface area contributed by atoms with E-state index in [1.807, 2.05) is 37.3 Å². The van der Waals surface area contributed by atoms with E-state index < -0.39 is 0 Å². The van der Waals surface area contributed by atoms with Crippen LogP contribution < -0.4 is 0 Å². The predicted molar refractivity (Wildman–Crippen MR) is 74.9 cm³/mol. The summed E-state index contributed by atoms with van der Waals surface area (Å²) in [5.41, 5.74) is 2.63. The number of carbonyl (C=O) groups excluding carboxylic acids is 1. The third-order valence-corrected chi connectivity index (χ3v) is 3.38. The van der Waals surface area contributed by atoms with Gasteiger partial charge in [0.25, 0.3) is 0 Å². The number of benzene rings is 1. The van der Waals surface area contributed by atoms with Gasteiger partial charge in [-0.05, 0) is 25.0 Å². The van der Waals surface area contributed by atoms with Gasteiger partial charge in [-0.2, -0.15) is 0 Å². The van der Waals surface area contributed by atoms with Gasteiger partial charge in [-0.1, -0.05) is 38.5 Å². The van der Waals surface area contributed by atoms with Crippen LogP contribution >= 0.6 is 0 Å². The van der Waals surface area contributed by atoms with Gasteiger partial charge in [0, 0.05) is 23.1 Å². The summed E-state index contributed by atoms with van der Waals surface area (Å²) in [6.07, 6.45) is 1.65. The first-order chi connectivity index (χ1) is 8.61. The number of para-hydroxylation sites is 1. The van der Waals surface area contributed by atoms with E-state index in [-0.39, 0.29) is 5.78 Å². The zero-order valence-corrected chi connectivity index (χ0v) is 11.2. The molecule has 2 heteroatoms. The Morgan fingerprint density at radius 1 is 1.33 bits per heavy atom. The largest absolute Gasteiger partial charge is 0.294 e. The molecule has 1 aromatic carbocycles. The highest BCUT2D eigenvalue weighted by atomic mass is 16.1. The molecule has 0 N–H and O–H groups in total. The van der Waals surface area contributed by atoms with Gasteiger partial charge in [0.1, 0.15) is 0 Å². The van der Waals surface area contributed by atoms with Crippen LogP contribution in [0.25, 0.3) is 10.9 Å². The smallest absolute Gasteiger partial charge is 0.163 e. The van der Waals surface area contributed by atoms with E-state index in [2.05, 4.69) is 18.8 Å². The molecular weight excluding hydrogens is 222 g/mol. The van der Waals surface area contributed by atoms with E-state index in [0.717, 1.165) is 28.6 Å². The number of rotatable bonds is 4. The molecule has 18 heavy (non-hydrogen) atoms. The van der Waals surface area contributed by atoms with Crippen LogP contribution in [0.5, 0.6) is 0 Å². The first-order valence-corrected chi connectivity index (χ1v) is 6.51. The molecule has 0 aliphatic rings. The Morgan fingerprint density at radius 3 is 2.78 bits per heavy atom. The van der Waals surface area contributed by atoms with Gasteiger partial charge in [-0.25, -0.2) is 0 Å². The molecule has 2 rings (SSSR count). The van der Waals surface area contributed by atoms with Crippen molar-refractivity contribution in [3.63, 3.8) is 0 Å². The summed E-state index contributed by atoms with van der Waals surface area (Å²) in [4.78, 5) is 16.8. The summed E-state index contributed by atoms with van der Waals surface area (Å²) >= 11 is 0. The topological polar surface area (TPSA) is 30.0 Å². The molecule has 0 saturated heterocycles. The highest BCUT2D eigenvalue weighted by Gasteiger charge is 2.14. The first-order valence-electron chi connectivity index (χ1n) is 6.51. The van der Waals surface area contributed by atoms with Crippen molar-refractivity contribution in [1.29, 1.82) is 0 Å². The molecule has 0 aliphatic heterocycles. The van der Waals surface area contributed by atoms with Crippen LogP contribution in [-0.4, -0.2) is 10.8 Å². The highest BCUT2D eigenvalue weighted by molar-refractivity contribution is 6.07. The minimum Gasteiger partial charge on any atom is -0.294 e. The monoisotopic (exact) mass is 241 g/mol. The van der Waals surface area contributed by atoms with Gasteiger partial charge in [-0.15, -0.1) is 0 Å². The van der Waals surface area contributed by atoms with Gasteiger partial charge in [0.05, 0.1) is 5.52 Å². The van der Waals surface area contributed by atoms with Gasteiger partial charge in [-0.3, -0.25) is 9.78 Å². The Balaban J connectivity index is 2.46. The van der Waals surface area contributed by atoms with Crippen molar-refractivity contribution in [3.05, 3.63) is 41.6 Å². The third kappa shape index (κ3) is 2.58. The highest BCUT2D eigenvalue weighted by Crippen LogP contribution is 2.21. The Bertz CT molecular complexity index is 574. The van der Waals surface area contributed by atoms with E-state index >= 15 is 0 Å². The Hall–Kier alpha value is -1.70. The molecule has 2 nitrogen and oxygen atoms in total. The molecule has 0 aliphatic carbocycles. The third-order valence-electron chi connectivity index (χ3n) is 3.38. The first kappa shape index (κ1) is 12.7. The van der Waals surface area contributed by atoms with Crippen LogP contribution in [0, 0.1) is 12.8 Å². The second-order valence-electron chi connectivity index (χ2n) is 4.97. The van der Waals surface area contributed by atoms with Gasteiger partial charge in [0.15, 0.2) is 5.78 Å². The van der Waals surface area contributed by atoms with Crippen molar-refractivity contribution in [2.75, 3.05) is 0 Å². The number of hydrogen-bond acceptors (Lipinski definition) is 2. The maximum atomic E-state index is 12.4. The summed E-state index contributed by atoms with van der Waals surface area (Å²) in [5, 5.41) is 0.969. The lowest BCUT2D eigenvalue weighted by molar-refractivity contribution is 0.0965. The summed E-state index contributed by atoms with van der Waals surface area (Å²) in [6, 6.07) is 9.76. The van der Waals surface area contributed by atoms with Crippen molar-refractivity contribution >= 4 is 16.7 Å². The standard InChI is InChI=1S/C16H19NO/c1-4-11(2)9-16(18)14-10-12(3)17-15-8-6-5-7-13(14)15/h5-8,10-11H,4,9H2,1-3H3. The summed E-state index contributed by atoms with van der Waals surface area (Å²) < 4.78 is 0. The fraction of sp³-hybridized carbons (Fsp3) is 0.375. The average Bonchev–Trinajstić information content (AvgIpc) is 2.37. The van der Waals surface area contributed by atoms with Crippen LogP contribution in [0.15, 0.2) is 30.3 Å². The van der Waals surface area contributed by atoms with E-state index in [1.165, 1.54) is 0 Å². The number of hydrogen-bond donors (Lipinski definition) is 0. The number of aromatic nitrogens is 1. The Morgan fingerprint density at radius 2 is 2.06 bits per heavy atom. The fourth-order valence-electron chi connectivity index (χ4n) is 2.11. The number of aryl methyl sites for hydroxylation is 1. The lowest BCUT2D eigenvalue weighted by atomic mass is 9.95. The van der Waals surface area contributed by atoms with E-state index in [1.54, 1.807) is 0 Å². The summed E-state index contributed by atoms with van der Waals surface area (Å²) in [5.74, 6) is 0.663. The molecule has 0 saturated carbocycles. The summed E-state index contributed by atoms with van der Waals surface area (Å²) in [6.45, 7) is 6.18. The van der Waals surface area contributed by atoms with Crippen LogP contribution in [0.4, 0.5) is 0 Å². The van der Waals surface area contributed by atoms with E-state index in [0.29, 0.717) is 12.3 Å². The fourth-order valence-corrected chi connectivity index (χ4v) is 2.11. The minimum absolute atomic E-state index is 0.228. The zero-order chi connectivity index (χ0) is 13.1. The molecule has 0 bridgehead atoms. The molecule has 1 aromatic heterocycles. The molecule has 1 atom stereocenters. The van der Waals surface area contributed by atoms with Crippen LogP contribution in [0.1, 0.15) is 42.7 Å². The molecule has 1 heterocycles. The number of fused-ring (bicyclic) bond motifs is 1. The number of Topliss-reactive ketones (excluding diaryl/α,β-unsaturated/α-hetero) is 1. The molecule has 0 spiro atoms. The zero-order valence-electron chi connectivity index (χ0n) is 11.2. The van der Waals surface area contributed by atoms with Crippen molar-refractivity contribution in [2.45, 2.75) is 33.6 Å². The molecule has 0 radical (unpaired) electrons. The summed E-state index contributed by atoms with van der Waals surface area (Å²) in [7, 11) is 0. The van der Waals surface area contributed by atoms with Crippen molar-refractivity contribution in [1.82, 2.24) is 4.98 Å². The lowest BCUT2D eigenvalue weighted by Crippen LogP contribution is -2.07. The second kappa shape index (κ2) is 5.30. The van der Waals surface area contributed by atoms with Crippen molar-refractivity contribution < 1.29 is 4.79 Å².